The van der Waals surface area contributed by atoms with Crippen molar-refractivity contribution in [2.45, 2.75) is 19.0 Å². The lowest BCUT2D eigenvalue weighted by atomic mass is 10.1. The number of hydrogen-bond donors (Lipinski definition) is 1. The number of carbonyl (C=O) groups excluding carboxylic acids is 1. The molecule has 0 radical (unpaired) electrons. The van der Waals surface area contributed by atoms with Crippen LogP contribution < -0.4 is 4.74 Å². The monoisotopic (exact) mass is 302 g/mol. The summed E-state index contributed by atoms with van der Waals surface area (Å²) in [6.45, 7) is 0.606. The number of halogens is 3. The molecule has 0 atom stereocenters. The van der Waals surface area contributed by atoms with Crippen LogP contribution in [0.3, 0.4) is 0 Å². The van der Waals surface area contributed by atoms with E-state index in [1.807, 2.05) is 0 Å². The van der Waals surface area contributed by atoms with E-state index in [1.165, 1.54) is 17.0 Å². The lowest BCUT2D eigenvalue weighted by Gasteiger charge is -2.26. The number of likely N-dealkylation sites (tertiary alicyclic amines) is 1. The lowest BCUT2D eigenvalue weighted by molar-refractivity contribution is -0.137. The van der Waals surface area contributed by atoms with E-state index in [4.69, 9.17) is 9.94 Å². The van der Waals surface area contributed by atoms with Gasteiger partial charge in [-0.25, -0.2) is 4.79 Å². The molecule has 0 saturated carbocycles. The van der Waals surface area contributed by atoms with E-state index in [-0.39, 0.29) is 5.75 Å². The average molecular weight is 302 g/mol. The second kappa shape index (κ2) is 6.02. The molecule has 0 unspecified atom stereocenters. The zero-order valence-corrected chi connectivity index (χ0v) is 10.9. The minimum absolute atomic E-state index is 0.156. The fraction of sp³-hybridized carbons (Fsp3) is 0.385. The Labute approximate surface area is 118 Å². The molecule has 8 heteroatoms. The first-order valence-electron chi connectivity index (χ1n) is 6.24. The summed E-state index contributed by atoms with van der Waals surface area (Å²) in [6.07, 6.45) is -4.38. The van der Waals surface area contributed by atoms with Crippen LogP contribution in [0, 0.1) is 0 Å². The largest absolute Gasteiger partial charge is 0.416 e. The highest BCUT2D eigenvalue weighted by molar-refractivity contribution is 5.86. The summed E-state index contributed by atoms with van der Waals surface area (Å²) in [6, 6.07) is 4.15. The molecule has 5 nitrogen and oxygen atoms in total. The van der Waals surface area contributed by atoms with Crippen LogP contribution in [-0.2, 0) is 6.18 Å². The van der Waals surface area contributed by atoms with E-state index < -0.39 is 17.8 Å². The van der Waals surface area contributed by atoms with Gasteiger partial charge in [-0.05, 0) is 18.2 Å². The Morgan fingerprint density at radius 2 is 1.95 bits per heavy atom. The maximum absolute atomic E-state index is 12.6. The van der Waals surface area contributed by atoms with Gasteiger partial charge in [0.1, 0.15) is 5.75 Å². The van der Waals surface area contributed by atoms with Crippen LogP contribution in [0.2, 0.25) is 0 Å². The molecular formula is C13H13F3N2O3. The fourth-order valence-electron chi connectivity index (χ4n) is 1.95. The van der Waals surface area contributed by atoms with Gasteiger partial charge in [0.25, 0.3) is 0 Å². The average Bonchev–Trinajstić information content (AvgIpc) is 2.47. The third-order valence-electron chi connectivity index (χ3n) is 3.11. The molecule has 1 aromatic rings. The van der Waals surface area contributed by atoms with Crippen molar-refractivity contribution in [3.8, 4) is 5.75 Å². The first kappa shape index (κ1) is 15.1. The van der Waals surface area contributed by atoms with Gasteiger partial charge in [-0.2, -0.15) is 13.2 Å². The second-order valence-corrected chi connectivity index (χ2v) is 4.55. The molecular weight excluding hydrogens is 289 g/mol. The number of piperidine rings is 1. The van der Waals surface area contributed by atoms with E-state index in [1.54, 1.807) is 0 Å². The van der Waals surface area contributed by atoms with Crippen LogP contribution in [0.4, 0.5) is 18.0 Å². The van der Waals surface area contributed by atoms with Crippen LogP contribution >= 0.6 is 0 Å². The predicted molar refractivity (Wildman–Crippen MR) is 67.5 cm³/mol. The van der Waals surface area contributed by atoms with Crippen molar-refractivity contribution in [1.29, 1.82) is 0 Å². The fourth-order valence-corrected chi connectivity index (χ4v) is 1.95. The summed E-state index contributed by atoms with van der Waals surface area (Å²) < 4.78 is 42.6. The van der Waals surface area contributed by atoms with Crippen molar-refractivity contribution in [3.63, 3.8) is 0 Å². The van der Waals surface area contributed by atoms with Crippen LogP contribution in [0.5, 0.6) is 5.75 Å². The van der Waals surface area contributed by atoms with E-state index >= 15 is 0 Å². The van der Waals surface area contributed by atoms with Crippen LogP contribution in [0.1, 0.15) is 18.4 Å². The van der Waals surface area contributed by atoms with Crippen molar-refractivity contribution >= 4 is 11.8 Å². The molecule has 1 N–H and O–H groups in total. The topological polar surface area (TPSA) is 62.1 Å². The Morgan fingerprint density at radius 3 is 2.52 bits per heavy atom. The van der Waals surface area contributed by atoms with Crippen molar-refractivity contribution in [1.82, 2.24) is 4.90 Å². The van der Waals surface area contributed by atoms with E-state index in [2.05, 4.69) is 5.16 Å². The van der Waals surface area contributed by atoms with E-state index in [0.717, 1.165) is 12.1 Å². The third kappa shape index (κ3) is 3.87. The molecule has 0 aromatic heterocycles. The van der Waals surface area contributed by atoms with Crippen molar-refractivity contribution in [2.24, 2.45) is 5.16 Å². The third-order valence-corrected chi connectivity index (χ3v) is 3.11. The summed E-state index contributed by atoms with van der Waals surface area (Å²) in [5.74, 6) is -0.156. The molecule has 1 saturated heterocycles. The van der Waals surface area contributed by atoms with Gasteiger partial charge in [0, 0.05) is 25.9 Å². The number of nitrogens with zero attached hydrogens (tertiary/aromatic N) is 2. The molecule has 114 valence electrons. The number of carbonyl (C=O) groups is 1. The molecule has 1 amide bonds. The van der Waals surface area contributed by atoms with E-state index in [9.17, 15) is 18.0 Å². The Balaban J connectivity index is 2.00. The Bertz CT molecular complexity index is 548. The number of alkyl halides is 3. The maximum Gasteiger partial charge on any atom is 0.416 e. The quantitative estimate of drug-likeness (QED) is 0.640. The first-order chi connectivity index (χ1) is 9.90. The number of ether oxygens (including phenoxy) is 1. The summed E-state index contributed by atoms with van der Waals surface area (Å²) in [5, 5.41) is 11.7. The standard InChI is InChI=1S/C13H13F3N2O3/c14-13(15,16)9-2-1-3-11(8-9)21-12(19)18-6-4-10(17-20)5-7-18/h1-3,8,20H,4-7H2. The molecule has 1 aliphatic heterocycles. The normalized spacial score (nSPS) is 15.8. The molecule has 2 rings (SSSR count). The van der Waals surface area contributed by atoms with E-state index in [0.29, 0.717) is 31.6 Å². The molecule has 0 aliphatic carbocycles. The molecule has 1 aromatic carbocycles. The predicted octanol–water partition coefficient (Wildman–Crippen LogP) is 3.13. The van der Waals surface area contributed by atoms with Gasteiger partial charge in [-0.3, -0.25) is 0 Å². The molecule has 21 heavy (non-hydrogen) atoms. The summed E-state index contributed by atoms with van der Waals surface area (Å²) >= 11 is 0. The van der Waals surface area contributed by atoms with Gasteiger partial charge < -0.3 is 14.8 Å². The number of amides is 1. The van der Waals surface area contributed by atoms with Crippen molar-refractivity contribution < 1.29 is 27.9 Å². The van der Waals surface area contributed by atoms with Gasteiger partial charge in [-0.15, -0.1) is 0 Å². The van der Waals surface area contributed by atoms with Crippen LogP contribution in [0.15, 0.2) is 29.4 Å². The Kier molecular flexibility index (Phi) is 4.35. The van der Waals surface area contributed by atoms with Gasteiger partial charge >= 0.3 is 12.3 Å². The molecule has 1 aliphatic rings. The van der Waals surface area contributed by atoms with Gasteiger partial charge in [-0.1, -0.05) is 11.2 Å². The maximum atomic E-state index is 12.6. The number of benzene rings is 1. The van der Waals surface area contributed by atoms with Gasteiger partial charge in [0.15, 0.2) is 0 Å². The summed E-state index contributed by atoms with van der Waals surface area (Å²) in [4.78, 5) is 13.2. The Morgan fingerprint density at radius 1 is 1.29 bits per heavy atom. The minimum Gasteiger partial charge on any atom is -0.411 e. The zero-order chi connectivity index (χ0) is 15.5. The van der Waals surface area contributed by atoms with Crippen LogP contribution in [-0.4, -0.2) is 35.0 Å². The number of hydrogen-bond acceptors (Lipinski definition) is 4. The molecule has 1 fully saturated rings. The van der Waals surface area contributed by atoms with Crippen molar-refractivity contribution in [2.75, 3.05) is 13.1 Å². The lowest BCUT2D eigenvalue weighted by Crippen LogP contribution is -2.40. The smallest absolute Gasteiger partial charge is 0.411 e. The second-order valence-electron chi connectivity index (χ2n) is 4.55. The van der Waals surface area contributed by atoms with Gasteiger partial charge in [0.05, 0.1) is 11.3 Å². The SMILES string of the molecule is O=C(Oc1cccc(C(F)(F)F)c1)N1CCC(=NO)CC1. The highest BCUT2D eigenvalue weighted by Crippen LogP contribution is 2.31. The molecule has 0 bridgehead atoms. The number of oxime groups is 1. The number of rotatable bonds is 1. The highest BCUT2D eigenvalue weighted by Gasteiger charge is 2.31. The van der Waals surface area contributed by atoms with Crippen molar-refractivity contribution in [3.05, 3.63) is 29.8 Å². The molecule has 0 spiro atoms. The highest BCUT2D eigenvalue weighted by atomic mass is 19.4. The molecule has 1 heterocycles. The summed E-state index contributed by atoms with van der Waals surface area (Å²) in [5.41, 5.74) is -0.292. The van der Waals surface area contributed by atoms with Crippen LogP contribution in [0.25, 0.3) is 0 Å². The zero-order valence-electron chi connectivity index (χ0n) is 10.9. The first-order valence-corrected chi connectivity index (χ1v) is 6.24. The minimum atomic E-state index is -4.49. The Hall–Kier alpha value is -2.25. The van der Waals surface area contributed by atoms with Gasteiger partial charge in [0.2, 0.25) is 0 Å². The summed E-state index contributed by atoms with van der Waals surface area (Å²) in [7, 11) is 0.